The highest BCUT2D eigenvalue weighted by Crippen LogP contribution is 2.33. The lowest BCUT2D eigenvalue weighted by Gasteiger charge is -2.21. The minimum Gasteiger partial charge on any atom is -0.337 e. The van der Waals surface area contributed by atoms with E-state index in [0.717, 1.165) is 14.7 Å². The van der Waals surface area contributed by atoms with Crippen LogP contribution in [0.15, 0.2) is 59.6 Å². The zero-order valence-corrected chi connectivity index (χ0v) is 19.4. The molecule has 156 valence electrons. The fourth-order valence-corrected chi connectivity index (χ4v) is 4.74. The molecule has 0 N–H and O–H groups in total. The molecule has 10 heteroatoms. The molecular formula is C20H16BrCl2FN4OS. The summed E-state index contributed by atoms with van der Waals surface area (Å²) in [6.07, 6.45) is 5.92. The van der Waals surface area contributed by atoms with Crippen LogP contribution in [-0.2, 0) is 6.54 Å². The number of anilines is 1. The van der Waals surface area contributed by atoms with Crippen molar-refractivity contribution in [3.63, 3.8) is 0 Å². The summed E-state index contributed by atoms with van der Waals surface area (Å²) in [7, 11) is 0. The maximum atomic E-state index is 14.4. The summed E-state index contributed by atoms with van der Waals surface area (Å²) in [6, 6.07) is 9.94. The highest BCUT2D eigenvalue weighted by atomic mass is 79.9. The molecule has 0 radical (unpaired) electrons. The van der Waals surface area contributed by atoms with E-state index >= 15 is 0 Å². The number of aryl methyl sites for hydroxylation is 1. The third-order valence-corrected chi connectivity index (χ3v) is 6.20. The van der Waals surface area contributed by atoms with Crippen LogP contribution >= 0.6 is 51.3 Å². The Morgan fingerprint density at radius 2 is 2.13 bits per heavy atom. The average Bonchev–Trinajstić information content (AvgIpc) is 3.34. The quantitative estimate of drug-likeness (QED) is 0.298. The number of halogens is 4. The van der Waals surface area contributed by atoms with Gasteiger partial charge in [0.15, 0.2) is 5.13 Å². The lowest BCUT2D eigenvalue weighted by atomic mass is 10.2. The third kappa shape index (κ3) is 4.83. The molecule has 2 aromatic heterocycles. The number of benzene rings is 2. The van der Waals surface area contributed by atoms with Crippen molar-refractivity contribution in [1.29, 1.82) is 0 Å². The van der Waals surface area contributed by atoms with Gasteiger partial charge in [0.25, 0.3) is 5.91 Å². The van der Waals surface area contributed by atoms with Gasteiger partial charge in [-0.15, -0.1) is 12.4 Å². The standard InChI is InChI=1S/C20H15BrClFN4OS.ClH/c21-13-5-6-16-17(11-13)29-20(25-16)27(9-2-8-26-10-7-24-12-26)19(28)18-14(22)3-1-4-15(18)23;/h1,3-7,10-12H,2,8-9H2;1H. The monoisotopic (exact) mass is 528 g/mol. The molecule has 0 aliphatic rings. The summed E-state index contributed by atoms with van der Waals surface area (Å²) < 4.78 is 18.2. The molecule has 1 amide bonds. The number of fused-ring (bicyclic) bond motifs is 1. The number of imidazole rings is 1. The number of amides is 1. The largest absolute Gasteiger partial charge is 0.337 e. The highest BCUT2D eigenvalue weighted by molar-refractivity contribution is 9.10. The minimum atomic E-state index is -0.647. The molecule has 0 aliphatic heterocycles. The second-order valence-electron chi connectivity index (χ2n) is 6.32. The summed E-state index contributed by atoms with van der Waals surface area (Å²) >= 11 is 11.0. The molecule has 2 aromatic carbocycles. The van der Waals surface area contributed by atoms with Crippen LogP contribution in [0.3, 0.4) is 0 Å². The first kappa shape index (κ1) is 22.7. The van der Waals surface area contributed by atoms with Crippen molar-refractivity contribution in [1.82, 2.24) is 14.5 Å². The normalized spacial score (nSPS) is 10.8. The molecule has 2 heterocycles. The Labute approximate surface area is 196 Å². The third-order valence-electron chi connectivity index (χ3n) is 4.35. The van der Waals surface area contributed by atoms with Gasteiger partial charge in [-0.05, 0) is 36.8 Å². The lowest BCUT2D eigenvalue weighted by Crippen LogP contribution is -2.33. The van der Waals surface area contributed by atoms with E-state index in [-0.39, 0.29) is 23.0 Å². The number of rotatable bonds is 6. The van der Waals surface area contributed by atoms with Gasteiger partial charge in [-0.1, -0.05) is 44.9 Å². The molecule has 0 bridgehead atoms. The van der Waals surface area contributed by atoms with Crippen molar-refractivity contribution in [2.45, 2.75) is 13.0 Å². The fourth-order valence-electron chi connectivity index (χ4n) is 2.95. The topological polar surface area (TPSA) is 51.0 Å². The lowest BCUT2D eigenvalue weighted by molar-refractivity contribution is 0.0982. The molecule has 0 fully saturated rings. The van der Waals surface area contributed by atoms with E-state index in [9.17, 15) is 9.18 Å². The van der Waals surface area contributed by atoms with E-state index in [1.54, 1.807) is 12.5 Å². The first-order valence-electron chi connectivity index (χ1n) is 8.80. The van der Waals surface area contributed by atoms with Gasteiger partial charge in [-0.25, -0.2) is 14.4 Å². The number of nitrogens with zero attached hydrogens (tertiary/aromatic N) is 4. The summed E-state index contributed by atoms with van der Waals surface area (Å²) in [5.41, 5.74) is 0.637. The molecule has 0 atom stereocenters. The first-order chi connectivity index (χ1) is 14.0. The average molecular weight is 530 g/mol. The summed E-state index contributed by atoms with van der Waals surface area (Å²) in [6.45, 7) is 1.04. The van der Waals surface area contributed by atoms with E-state index in [0.29, 0.717) is 24.6 Å². The molecule has 4 aromatic rings. The van der Waals surface area contributed by atoms with Gasteiger partial charge in [0.1, 0.15) is 5.82 Å². The predicted octanol–water partition coefficient (Wildman–Crippen LogP) is 6.21. The number of carbonyl (C=O) groups is 1. The number of thiazole rings is 1. The maximum absolute atomic E-state index is 14.4. The van der Waals surface area contributed by atoms with Crippen molar-refractivity contribution in [3.8, 4) is 0 Å². The fraction of sp³-hybridized carbons (Fsp3) is 0.150. The molecule has 0 saturated heterocycles. The first-order valence-corrected chi connectivity index (χ1v) is 10.8. The van der Waals surface area contributed by atoms with Gasteiger partial charge in [0, 0.05) is 30.0 Å². The zero-order valence-electron chi connectivity index (χ0n) is 15.5. The highest BCUT2D eigenvalue weighted by Gasteiger charge is 2.25. The van der Waals surface area contributed by atoms with Gasteiger partial charge in [0.2, 0.25) is 0 Å². The van der Waals surface area contributed by atoms with Crippen molar-refractivity contribution >= 4 is 72.5 Å². The van der Waals surface area contributed by atoms with Gasteiger partial charge < -0.3 is 4.57 Å². The van der Waals surface area contributed by atoms with Gasteiger partial charge in [-0.3, -0.25) is 9.69 Å². The number of aromatic nitrogens is 3. The Kier molecular flexibility index (Phi) is 7.46. The Morgan fingerprint density at radius 1 is 1.30 bits per heavy atom. The van der Waals surface area contributed by atoms with Gasteiger partial charge >= 0.3 is 0 Å². The van der Waals surface area contributed by atoms with Crippen LogP contribution in [0.25, 0.3) is 10.2 Å². The van der Waals surface area contributed by atoms with Crippen molar-refractivity contribution in [2.24, 2.45) is 0 Å². The molecule has 4 rings (SSSR count). The molecular weight excluding hydrogens is 514 g/mol. The van der Waals surface area contributed by atoms with Crippen LogP contribution in [0.4, 0.5) is 9.52 Å². The van der Waals surface area contributed by atoms with Gasteiger partial charge in [0.05, 0.1) is 27.1 Å². The molecule has 0 unspecified atom stereocenters. The van der Waals surface area contributed by atoms with Crippen molar-refractivity contribution < 1.29 is 9.18 Å². The van der Waals surface area contributed by atoms with E-state index < -0.39 is 11.7 Å². The van der Waals surface area contributed by atoms with E-state index in [2.05, 4.69) is 25.9 Å². The molecule has 30 heavy (non-hydrogen) atoms. The number of carbonyl (C=O) groups excluding carboxylic acids is 1. The van der Waals surface area contributed by atoms with Crippen molar-refractivity contribution in [2.75, 3.05) is 11.4 Å². The number of hydrogen-bond acceptors (Lipinski definition) is 4. The zero-order chi connectivity index (χ0) is 20.4. The van der Waals surface area contributed by atoms with Gasteiger partial charge in [-0.2, -0.15) is 0 Å². The predicted molar refractivity (Wildman–Crippen MR) is 124 cm³/mol. The van der Waals surface area contributed by atoms with Crippen LogP contribution in [0.1, 0.15) is 16.8 Å². The molecule has 0 aliphatic carbocycles. The summed E-state index contributed by atoms with van der Waals surface area (Å²) in [5, 5.41) is 0.589. The van der Waals surface area contributed by atoms with Crippen LogP contribution in [0.5, 0.6) is 0 Å². The van der Waals surface area contributed by atoms with E-state index in [1.807, 2.05) is 29.0 Å². The van der Waals surface area contributed by atoms with Crippen LogP contribution in [0, 0.1) is 5.82 Å². The molecule has 0 saturated carbocycles. The number of hydrogen-bond donors (Lipinski definition) is 0. The van der Waals surface area contributed by atoms with E-state index in [1.165, 1.54) is 34.4 Å². The Morgan fingerprint density at radius 3 is 2.87 bits per heavy atom. The summed E-state index contributed by atoms with van der Waals surface area (Å²) in [5.74, 6) is -1.15. The SMILES string of the molecule is Cl.O=C(c1c(F)cccc1Cl)N(CCCn1ccnc1)c1nc2ccc(Br)cc2s1. The maximum Gasteiger partial charge on any atom is 0.264 e. The smallest absolute Gasteiger partial charge is 0.264 e. The second-order valence-corrected chi connectivity index (χ2v) is 8.65. The Hall–Kier alpha value is -2.00. The second kappa shape index (κ2) is 9.87. The molecule has 0 spiro atoms. The van der Waals surface area contributed by atoms with Crippen LogP contribution in [-0.4, -0.2) is 27.0 Å². The summed E-state index contributed by atoms with van der Waals surface area (Å²) in [4.78, 5) is 23.4. The molecule has 5 nitrogen and oxygen atoms in total. The van der Waals surface area contributed by atoms with Crippen molar-refractivity contribution in [3.05, 3.63) is 76.0 Å². The van der Waals surface area contributed by atoms with Crippen LogP contribution in [0.2, 0.25) is 5.02 Å². The van der Waals surface area contributed by atoms with Crippen LogP contribution < -0.4 is 4.90 Å². The minimum absolute atomic E-state index is 0. The Bertz CT molecular complexity index is 1150. The Balaban J connectivity index is 0.00000256. The van der Waals surface area contributed by atoms with E-state index in [4.69, 9.17) is 11.6 Å².